The van der Waals surface area contributed by atoms with Crippen molar-refractivity contribution in [3.63, 3.8) is 0 Å². The topological polar surface area (TPSA) is 46.8 Å². The number of benzene rings is 1. The summed E-state index contributed by atoms with van der Waals surface area (Å²) in [5.74, 6) is 0.796. The number of anilines is 1. The molecule has 0 spiro atoms. The van der Waals surface area contributed by atoms with Crippen LogP contribution in [0.5, 0.6) is 0 Å². The summed E-state index contributed by atoms with van der Waals surface area (Å²) >= 11 is 0. The Morgan fingerprint density at radius 1 is 1.04 bits per heavy atom. The van der Waals surface area contributed by atoms with E-state index in [1.807, 2.05) is 30.9 Å². The molecule has 0 amide bonds. The zero-order chi connectivity index (χ0) is 16.7. The Morgan fingerprint density at radius 2 is 1.83 bits per heavy atom. The van der Waals surface area contributed by atoms with E-state index in [2.05, 4.69) is 46.2 Å². The van der Waals surface area contributed by atoms with Crippen molar-refractivity contribution in [2.24, 2.45) is 7.05 Å². The minimum absolute atomic E-state index is 0.796. The molecule has 122 valence electrons. The summed E-state index contributed by atoms with van der Waals surface area (Å²) < 4.78 is 1.91. The monoisotopic (exact) mass is 319 g/mol. The van der Waals surface area contributed by atoms with Crippen molar-refractivity contribution < 1.29 is 0 Å². The summed E-state index contributed by atoms with van der Waals surface area (Å²) in [5.41, 5.74) is 6.99. The van der Waals surface area contributed by atoms with Crippen LogP contribution < -0.4 is 4.90 Å². The van der Waals surface area contributed by atoms with Gasteiger partial charge in [-0.05, 0) is 37.5 Å². The van der Waals surface area contributed by atoms with E-state index in [9.17, 15) is 0 Å². The third-order valence-electron chi connectivity index (χ3n) is 4.82. The van der Waals surface area contributed by atoms with E-state index < -0.39 is 0 Å². The first-order valence-electron chi connectivity index (χ1n) is 8.29. The quantitative estimate of drug-likeness (QED) is 0.728. The number of rotatable bonds is 2. The molecule has 0 saturated carbocycles. The van der Waals surface area contributed by atoms with Crippen molar-refractivity contribution in [2.45, 2.75) is 26.8 Å². The number of aromatic nitrogens is 4. The van der Waals surface area contributed by atoms with Gasteiger partial charge < -0.3 is 4.90 Å². The first-order chi connectivity index (χ1) is 11.6. The lowest BCUT2D eigenvalue weighted by Crippen LogP contribution is -2.31. The average Bonchev–Trinajstić information content (AvgIpc) is 2.87. The van der Waals surface area contributed by atoms with Crippen molar-refractivity contribution in [2.75, 3.05) is 11.4 Å². The molecule has 0 bridgehead atoms. The highest BCUT2D eigenvalue weighted by Gasteiger charge is 2.20. The van der Waals surface area contributed by atoms with Crippen LogP contribution in [0.25, 0.3) is 11.3 Å². The zero-order valence-electron chi connectivity index (χ0n) is 14.3. The standard InChI is InChI=1S/C19H21N5/c1-13-18(14(2)23(3)22-13)17-8-10-20-19(21-17)24-11-9-15-6-4-5-7-16(15)12-24/h4-8,10H,9,11-12H2,1-3H3. The van der Waals surface area contributed by atoms with Gasteiger partial charge in [0.05, 0.1) is 11.4 Å². The van der Waals surface area contributed by atoms with E-state index in [1.165, 1.54) is 11.1 Å². The first kappa shape index (κ1) is 14.9. The van der Waals surface area contributed by atoms with Crippen LogP contribution in [0.2, 0.25) is 0 Å². The molecule has 5 heteroatoms. The largest absolute Gasteiger partial charge is 0.336 e. The molecule has 1 aliphatic rings. The lowest BCUT2D eigenvalue weighted by Gasteiger charge is -2.28. The van der Waals surface area contributed by atoms with Gasteiger partial charge in [0.15, 0.2) is 0 Å². The maximum absolute atomic E-state index is 4.84. The molecule has 1 aliphatic heterocycles. The van der Waals surface area contributed by atoms with Gasteiger partial charge in [0.1, 0.15) is 0 Å². The van der Waals surface area contributed by atoms with Gasteiger partial charge >= 0.3 is 0 Å². The second-order valence-electron chi connectivity index (χ2n) is 6.35. The molecule has 0 fully saturated rings. The molecule has 2 aromatic heterocycles. The van der Waals surface area contributed by atoms with Crippen LogP contribution >= 0.6 is 0 Å². The summed E-state index contributed by atoms with van der Waals surface area (Å²) in [6, 6.07) is 10.6. The number of aryl methyl sites for hydroxylation is 2. The first-order valence-corrected chi connectivity index (χ1v) is 8.29. The Hall–Kier alpha value is -2.69. The fourth-order valence-corrected chi connectivity index (χ4v) is 3.45. The average molecular weight is 319 g/mol. The zero-order valence-corrected chi connectivity index (χ0v) is 14.3. The third-order valence-corrected chi connectivity index (χ3v) is 4.82. The van der Waals surface area contributed by atoms with Crippen molar-refractivity contribution >= 4 is 5.95 Å². The second kappa shape index (κ2) is 5.74. The number of hydrogen-bond acceptors (Lipinski definition) is 4. The van der Waals surface area contributed by atoms with E-state index in [4.69, 9.17) is 4.98 Å². The fraction of sp³-hybridized carbons (Fsp3) is 0.316. The number of fused-ring (bicyclic) bond motifs is 1. The molecule has 5 nitrogen and oxygen atoms in total. The van der Waals surface area contributed by atoms with Crippen LogP contribution in [0, 0.1) is 13.8 Å². The molecule has 4 rings (SSSR count). The van der Waals surface area contributed by atoms with Gasteiger partial charge in [-0.1, -0.05) is 24.3 Å². The van der Waals surface area contributed by atoms with Gasteiger partial charge in [0.2, 0.25) is 5.95 Å². The summed E-state index contributed by atoms with van der Waals surface area (Å²) in [7, 11) is 1.97. The van der Waals surface area contributed by atoms with Gasteiger partial charge in [-0.15, -0.1) is 0 Å². The maximum Gasteiger partial charge on any atom is 0.226 e. The van der Waals surface area contributed by atoms with Crippen LogP contribution in [0.1, 0.15) is 22.5 Å². The van der Waals surface area contributed by atoms with Gasteiger partial charge in [0, 0.05) is 37.6 Å². The molecule has 0 aliphatic carbocycles. The van der Waals surface area contributed by atoms with E-state index in [0.29, 0.717) is 0 Å². The molecule has 24 heavy (non-hydrogen) atoms. The normalized spacial score (nSPS) is 13.9. The van der Waals surface area contributed by atoms with Gasteiger partial charge in [-0.3, -0.25) is 4.68 Å². The Labute approximate surface area is 142 Å². The minimum Gasteiger partial charge on any atom is -0.336 e. The highest BCUT2D eigenvalue weighted by Crippen LogP contribution is 2.27. The number of nitrogens with zero attached hydrogens (tertiary/aromatic N) is 5. The van der Waals surface area contributed by atoms with Gasteiger partial charge in [-0.25, -0.2) is 9.97 Å². The van der Waals surface area contributed by atoms with E-state index in [1.54, 1.807) is 0 Å². The maximum atomic E-state index is 4.84. The van der Waals surface area contributed by atoms with Crippen LogP contribution in [0.15, 0.2) is 36.5 Å². The molecule has 3 aromatic rings. The molecular formula is C19H21N5. The molecule has 0 N–H and O–H groups in total. The Morgan fingerprint density at radius 3 is 2.58 bits per heavy atom. The predicted molar refractivity (Wildman–Crippen MR) is 94.9 cm³/mol. The highest BCUT2D eigenvalue weighted by atomic mass is 15.3. The Bertz CT molecular complexity index is 897. The highest BCUT2D eigenvalue weighted by molar-refractivity contribution is 5.65. The molecule has 1 aromatic carbocycles. The minimum atomic E-state index is 0.796. The SMILES string of the molecule is Cc1nn(C)c(C)c1-c1ccnc(N2CCc3ccccc3C2)n1. The predicted octanol–water partition coefficient (Wildman–Crippen LogP) is 3.06. The lowest BCUT2D eigenvalue weighted by molar-refractivity contribution is 0.708. The van der Waals surface area contributed by atoms with E-state index >= 15 is 0 Å². The summed E-state index contributed by atoms with van der Waals surface area (Å²) in [6.45, 7) is 5.92. The van der Waals surface area contributed by atoms with Gasteiger partial charge in [-0.2, -0.15) is 5.10 Å². The van der Waals surface area contributed by atoms with Crippen molar-refractivity contribution in [3.05, 3.63) is 59.0 Å². The van der Waals surface area contributed by atoms with Crippen molar-refractivity contribution in [1.82, 2.24) is 19.7 Å². The van der Waals surface area contributed by atoms with Crippen LogP contribution in [-0.4, -0.2) is 26.3 Å². The van der Waals surface area contributed by atoms with Crippen molar-refractivity contribution in [3.8, 4) is 11.3 Å². The van der Waals surface area contributed by atoms with Crippen LogP contribution in [0.4, 0.5) is 5.95 Å². The molecule has 0 saturated heterocycles. The van der Waals surface area contributed by atoms with Gasteiger partial charge in [0.25, 0.3) is 0 Å². The molecule has 0 unspecified atom stereocenters. The fourth-order valence-electron chi connectivity index (χ4n) is 3.45. The summed E-state index contributed by atoms with van der Waals surface area (Å²) in [4.78, 5) is 11.6. The molecule has 3 heterocycles. The van der Waals surface area contributed by atoms with E-state index in [-0.39, 0.29) is 0 Å². The summed E-state index contributed by atoms with van der Waals surface area (Å²) in [6.07, 6.45) is 2.89. The van der Waals surface area contributed by atoms with Crippen molar-refractivity contribution in [1.29, 1.82) is 0 Å². The second-order valence-corrected chi connectivity index (χ2v) is 6.35. The molecule has 0 radical (unpaired) electrons. The molecule has 0 atom stereocenters. The van der Waals surface area contributed by atoms with Crippen LogP contribution in [0.3, 0.4) is 0 Å². The Balaban J connectivity index is 1.69. The van der Waals surface area contributed by atoms with Crippen LogP contribution in [-0.2, 0) is 20.0 Å². The third kappa shape index (κ3) is 2.46. The smallest absolute Gasteiger partial charge is 0.226 e. The molecular weight excluding hydrogens is 298 g/mol. The lowest BCUT2D eigenvalue weighted by atomic mass is 10.0. The number of hydrogen-bond donors (Lipinski definition) is 0. The van der Waals surface area contributed by atoms with E-state index in [0.717, 1.165) is 48.1 Å². The summed E-state index contributed by atoms with van der Waals surface area (Å²) in [5, 5.41) is 4.50. The Kier molecular flexibility index (Phi) is 3.56.